The van der Waals surface area contributed by atoms with E-state index in [-0.39, 0.29) is 0 Å². The van der Waals surface area contributed by atoms with Crippen molar-refractivity contribution < 1.29 is 0 Å². The molecule has 0 heterocycles. The summed E-state index contributed by atoms with van der Waals surface area (Å²) in [6, 6.07) is 6.39. The standard InChI is InChI=1S/C14H19N/c1-10(2)13-8-7-12(5)14(9-13)15(6)11(3)4/h7-9H,1,3H2,2,4-6H3. The molecule has 0 unspecified atom stereocenters. The molecule has 0 amide bonds. The molecule has 0 fully saturated rings. The molecule has 0 radical (unpaired) electrons. The van der Waals surface area contributed by atoms with Crippen LogP contribution in [0.1, 0.15) is 25.0 Å². The van der Waals surface area contributed by atoms with Gasteiger partial charge >= 0.3 is 0 Å². The number of nitrogens with zero attached hydrogens (tertiary/aromatic N) is 1. The van der Waals surface area contributed by atoms with Gasteiger partial charge in [-0.25, -0.2) is 0 Å². The maximum Gasteiger partial charge on any atom is 0.0441 e. The maximum absolute atomic E-state index is 3.96. The summed E-state index contributed by atoms with van der Waals surface area (Å²) in [6.07, 6.45) is 0. The summed E-state index contributed by atoms with van der Waals surface area (Å²) in [6.45, 7) is 14.0. The van der Waals surface area contributed by atoms with Crippen LogP contribution in [0.3, 0.4) is 0 Å². The summed E-state index contributed by atoms with van der Waals surface area (Å²) >= 11 is 0. The second kappa shape index (κ2) is 4.35. The lowest BCUT2D eigenvalue weighted by Crippen LogP contribution is -2.14. The molecular weight excluding hydrogens is 182 g/mol. The highest BCUT2D eigenvalue weighted by atomic mass is 15.1. The molecule has 1 rings (SSSR count). The summed E-state index contributed by atoms with van der Waals surface area (Å²) in [5.41, 5.74) is 5.76. The van der Waals surface area contributed by atoms with E-state index >= 15 is 0 Å². The molecule has 1 aromatic carbocycles. The van der Waals surface area contributed by atoms with Gasteiger partial charge in [-0.1, -0.05) is 30.9 Å². The van der Waals surface area contributed by atoms with Gasteiger partial charge in [-0.3, -0.25) is 0 Å². The first kappa shape index (κ1) is 11.6. The molecule has 0 aromatic heterocycles. The second-order valence-electron chi connectivity index (χ2n) is 4.08. The smallest absolute Gasteiger partial charge is 0.0441 e. The van der Waals surface area contributed by atoms with Crippen LogP contribution >= 0.6 is 0 Å². The minimum atomic E-state index is 1.04. The van der Waals surface area contributed by atoms with E-state index in [1.165, 1.54) is 16.8 Å². The normalized spacial score (nSPS) is 9.87. The highest BCUT2D eigenvalue weighted by Crippen LogP contribution is 2.25. The molecule has 0 aliphatic carbocycles. The fourth-order valence-electron chi connectivity index (χ4n) is 1.44. The fraction of sp³-hybridized carbons (Fsp3) is 0.286. The summed E-state index contributed by atoms with van der Waals surface area (Å²) < 4.78 is 0. The van der Waals surface area contributed by atoms with Crippen molar-refractivity contribution in [3.8, 4) is 0 Å². The number of allylic oxidation sites excluding steroid dienone is 2. The number of anilines is 1. The average molecular weight is 201 g/mol. The summed E-state index contributed by atoms with van der Waals surface area (Å²) in [5, 5.41) is 0. The lowest BCUT2D eigenvalue weighted by Gasteiger charge is -2.22. The topological polar surface area (TPSA) is 3.24 Å². The molecule has 0 spiro atoms. The van der Waals surface area contributed by atoms with Gasteiger partial charge in [-0.2, -0.15) is 0 Å². The first-order valence-electron chi connectivity index (χ1n) is 5.09. The molecule has 0 saturated heterocycles. The van der Waals surface area contributed by atoms with Crippen LogP contribution in [0.2, 0.25) is 0 Å². The molecule has 80 valence electrons. The van der Waals surface area contributed by atoms with Crippen LogP contribution in [0.5, 0.6) is 0 Å². The SMILES string of the molecule is C=C(C)c1ccc(C)c(N(C)C(=C)C)c1. The average Bonchev–Trinajstić information content (AvgIpc) is 2.16. The molecule has 0 saturated carbocycles. The highest BCUT2D eigenvalue weighted by molar-refractivity contribution is 5.68. The molecule has 0 bridgehead atoms. The molecule has 1 aromatic rings. The molecule has 1 nitrogen and oxygen atoms in total. The predicted octanol–water partition coefficient (Wildman–Crippen LogP) is 4.00. The van der Waals surface area contributed by atoms with Crippen LogP contribution in [-0.4, -0.2) is 7.05 Å². The number of rotatable bonds is 3. The van der Waals surface area contributed by atoms with Crippen molar-refractivity contribution in [2.45, 2.75) is 20.8 Å². The van der Waals surface area contributed by atoms with Gasteiger partial charge in [0.1, 0.15) is 0 Å². The third-order valence-electron chi connectivity index (χ3n) is 2.64. The Kier molecular flexibility index (Phi) is 3.35. The Labute approximate surface area is 92.7 Å². The van der Waals surface area contributed by atoms with E-state index in [2.05, 4.69) is 43.2 Å². The molecule has 15 heavy (non-hydrogen) atoms. The summed E-state index contributed by atoms with van der Waals surface area (Å²) in [7, 11) is 2.03. The van der Waals surface area contributed by atoms with Gasteiger partial charge in [0.15, 0.2) is 0 Å². The number of hydrogen-bond donors (Lipinski definition) is 0. The van der Waals surface area contributed by atoms with Crippen molar-refractivity contribution in [1.82, 2.24) is 0 Å². The Bertz CT molecular complexity index is 402. The van der Waals surface area contributed by atoms with Crippen LogP contribution in [0.15, 0.2) is 37.1 Å². The zero-order valence-electron chi connectivity index (χ0n) is 10.1. The summed E-state index contributed by atoms with van der Waals surface area (Å²) in [5.74, 6) is 0. The first-order valence-corrected chi connectivity index (χ1v) is 5.09. The van der Waals surface area contributed by atoms with Crippen molar-refractivity contribution in [2.24, 2.45) is 0 Å². The Balaban J connectivity index is 3.22. The van der Waals surface area contributed by atoms with E-state index in [9.17, 15) is 0 Å². The van der Waals surface area contributed by atoms with Crippen molar-refractivity contribution in [2.75, 3.05) is 11.9 Å². The first-order chi connectivity index (χ1) is 6.93. The monoisotopic (exact) mass is 201 g/mol. The van der Waals surface area contributed by atoms with Crippen molar-refractivity contribution in [3.05, 3.63) is 48.2 Å². The number of benzene rings is 1. The quantitative estimate of drug-likeness (QED) is 0.714. The molecule has 0 N–H and O–H groups in total. The fourth-order valence-corrected chi connectivity index (χ4v) is 1.44. The van der Waals surface area contributed by atoms with E-state index in [1.54, 1.807) is 0 Å². The van der Waals surface area contributed by atoms with Gasteiger partial charge in [0.2, 0.25) is 0 Å². The largest absolute Gasteiger partial charge is 0.349 e. The molecule has 0 aliphatic heterocycles. The third kappa shape index (κ3) is 2.50. The minimum Gasteiger partial charge on any atom is -0.349 e. The van der Waals surface area contributed by atoms with E-state index in [0.29, 0.717) is 0 Å². The van der Waals surface area contributed by atoms with Gasteiger partial charge in [0, 0.05) is 18.4 Å². The Morgan fingerprint density at radius 1 is 1.20 bits per heavy atom. The predicted molar refractivity (Wildman–Crippen MR) is 69.1 cm³/mol. The molecular formula is C14H19N. The molecule has 0 aliphatic rings. The zero-order chi connectivity index (χ0) is 11.6. The van der Waals surface area contributed by atoms with Crippen LogP contribution in [0.4, 0.5) is 5.69 Å². The van der Waals surface area contributed by atoms with Crippen LogP contribution in [-0.2, 0) is 0 Å². The van der Waals surface area contributed by atoms with Crippen LogP contribution in [0.25, 0.3) is 5.57 Å². The van der Waals surface area contributed by atoms with Crippen LogP contribution in [0, 0.1) is 6.92 Å². The molecule has 1 heteroatoms. The van der Waals surface area contributed by atoms with E-state index in [4.69, 9.17) is 0 Å². The van der Waals surface area contributed by atoms with Crippen LogP contribution < -0.4 is 4.90 Å². The Morgan fingerprint density at radius 3 is 2.27 bits per heavy atom. The van der Waals surface area contributed by atoms with E-state index in [0.717, 1.165) is 11.3 Å². The lowest BCUT2D eigenvalue weighted by molar-refractivity contribution is 1.09. The van der Waals surface area contributed by atoms with Gasteiger partial charge in [-0.05, 0) is 38.0 Å². The summed E-state index contributed by atoms with van der Waals surface area (Å²) in [4.78, 5) is 2.10. The third-order valence-corrected chi connectivity index (χ3v) is 2.64. The Hall–Kier alpha value is -1.50. The molecule has 0 atom stereocenters. The van der Waals surface area contributed by atoms with E-state index < -0.39 is 0 Å². The Morgan fingerprint density at radius 2 is 1.80 bits per heavy atom. The second-order valence-corrected chi connectivity index (χ2v) is 4.08. The van der Waals surface area contributed by atoms with Gasteiger partial charge in [-0.15, -0.1) is 0 Å². The van der Waals surface area contributed by atoms with Crippen molar-refractivity contribution in [3.63, 3.8) is 0 Å². The number of hydrogen-bond acceptors (Lipinski definition) is 1. The zero-order valence-corrected chi connectivity index (χ0v) is 10.1. The van der Waals surface area contributed by atoms with Gasteiger partial charge in [0.05, 0.1) is 0 Å². The highest BCUT2D eigenvalue weighted by Gasteiger charge is 2.06. The van der Waals surface area contributed by atoms with Crippen molar-refractivity contribution >= 4 is 11.3 Å². The van der Waals surface area contributed by atoms with Gasteiger partial charge < -0.3 is 4.90 Å². The number of aryl methyl sites for hydroxylation is 1. The van der Waals surface area contributed by atoms with E-state index in [1.807, 2.05) is 20.9 Å². The maximum atomic E-state index is 3.96. The van der Waals surface area contributed by atoms with Crippen molar-refractivity contribution in [1.29, 1.82) is 0 Å². The lowest BCUT2D eigenvalue weighted by atomic mass is 10.0. The minimum absolute atomic E-state index is 1.04. The van der Waals surface area contributed by atoms with Gasteiger partial charge in [0.25, 0.3) is 0 Å².